The molecule has 0 aliphatic rings. The summed E-state index contributed by atoms with van der Waals surface area (Å²) in [6.45, 7) is 3.69. The van der Waals surface area contributed by atoms with Crippen molar-refractivity contribution in [3.8, 4) is 0 Å². The van der Waals surface area contributed by atoms with Crippen LogP contribution in [0.4, 0.5) is 10.8 Å². The molecular formula is C19H19N3O3S2. The number of rotatable bonds is 6. The van der Waals surface area contributed by atoms with Crippen molar-refractivity contribution < 1.29 is 13.2 Å². The fraction of sp³-hybridized carbons (Fsp3) is 0.158. The van der Waals surface area contributed by atoms with Gasteiger partial charge < -0.3 is 0 Å². The van der Waals surface area contributed by atoms with Crippen LogP contribution in [-0.4, -0.2) is 19.3 Å². The van der Waals surface area contributed by atoms with Gasteiger partial charge in [0.15, 0.2) is 5.13 Å². The van der Waals surface area contributed by atoms with Gasteiger partial charge in [-0.1, -0.05) is 29.8 Å². The summed E-state index contributed by atoms with van der Waals surface area (Å²) in [4.78, 5) is 17.9. The average molecular weight is 402 g/mol. The maximum absolute atomic E-state index is 12.6. The van der Waals surface area contributed by atoms with E-state index in [1.54, 1.807) is 58.9 Å². The smallest absolute Gasteiger partial charge is 0.261 e. The molecule has 0 aliphatic carbocycles. The Morgan fingerprint density at radius 3 is 2.56 bits per heavy atom. The third kappa shape index (κ3) is 4.72. The number of thiazole rings is 1. The number of hydrogen-bond donors (Lipinski definition) is 1. The van der Waals surface area contributed by atoms with Crippen LogP contribution >= 0.6 is 11.3 Å². The number of aromatic nitrogens is 1. The molecule has 1 heterocycles. The van der Waals surface area contributed by atoms with Gasteiger partial charge in [-0.2, -0.15) is 0 Å². The van der Waals surface area contributed by atoms with E-state index in [4.69, 9.17) is 0 Å². The van der Waals surface area contributed by atoms with E-state index >= 15 is 0 Å². The lowest BCUT2D eigenvalue weighted by Gasteiger charge is -2.18. The molecule has 1 aromatic heterocycles. The van der Waals surface area contributed by atoms with Gasteiger partial charge in [0.25, 0.3) is 10.0 Å². The van der Waals surface area contributed by atoms with Crippen molar-refractivity contribution in [2.45, 2.75) is 25.3 Å². The number of aryl methyl sites for hydroxylation is 1. The lowest BCUT2D eigenvalue weighted by atomic mass is 10.2. The second-order valence-corrected chi connectivity index (χ2v) is 8.59. The number of sulfonamides is 1. The topological polar surface area (TPSA) is 79.4 Å². The molecule has 6 nitrogen and oxygen atoms in total. The van der Waals surface area contributed by atoms with Crippen LogP contribution in [0.15, 0.2) is 65.0 Å². The van der Waals surface area contributed by atoms with Gasteiger partial charge in [0, 0.05) is 24.2 Å². The third-order valence-corrected chi connectivity index (χ3v) is 6.07. The molecule has 8 heteroatoms. The van der Waals surface area contributed by atoms with E-state index in [0.29, 0.717) is 17.4 Å². The fourth-order valence-corrected chi connectivity index (χ4v) is 4.25. The summed E-state index contributed by atoms with van der Waals surface area (Å²) in [7, 11) is -3.68. The zero-order valence-corrected chi connectivity index (χ0v) is 16.5. The van der Waals surface area contributed by atoms with Crippen LogP contribution in [0.5, 0.6) is 0 Å². The molecule has 1 amide bonds. The highest BCUT2D eigenvalue weighted by Crippen LogP contribution is 2.22. The van der Waals surface area contributed by atoms with E-state index < -0.39 is 10.0 Å². The molecule has 27 heavy (non-hydrogen) atoms. The number of nitrogens with one attached hydrogen (secondary N) is 1. The SMILES string of the molecule is CC(=O)N(Cc1cccc(NS(=O)(=O)c2ccc(C)cc2)c1)c1nccs1. The summed E-state index contributed by atoms with van der Waals surface area (Å²) in [5.74, 6) is -0.129. The molecule has 0 atom stereocenters. The summed E-state index contributed by atoms with van der Waals surface area (Å²) in [5, 5.41) is 2.41. The maximum Gasteiger partial charge on any atom is 0.261 e. The Balaban J connectivity index is 1.81. The second-order valence-electron chi connectivity index (χ2n) is 6.04. The monoisotopic (exact) mass is 401 g/mol. The van der Waals surface area contributed by atoms with E-state index in [1.807, 2.05) is 13.0 Å². The van der Waals surface area contributed by atoms with Crippen LogP contribution in [-0.2, 0) is 21.4 Å². The molecule has 0 fully saturated rings. The van der Waals surface area contributed by atoms with Gasteiger partial charge in [-0.15, -0.1) is 11.3 Å². The predicted octanol–water partition coefficient (Wildman–Crippen LogP) is 3.81. The van der Waals surface area contributed by atoms with Crippen molar-refractivity contribution in [3.63, 3.8) is 0 Å². The lowest BCUT2D eigenvalue weighted by Crippen LogP contribution is -2.27. The maximum atomic E-state index is 12.6. The Kier molecular flexibility index (Phi) is 5.57. The second kappa shape index (κ2) is 7.89. The Morgan fingerprint density at radius 1 is 1.19 bits per heavy atom. The minimum Gasteiger partial charge on any atom is -0.284 e. The third-order valence-electron chi connectivity index (χ3n) is 3.88. The molecule has 3 rings (SSSR count). The molecule has 0 saturated heterocycles. The van der Waals surface area contributed by atoms with E-state index in [0.717, 1.165) is 11.1 Å². The number of carbonyl (C=O) groups is 1. The Morgan fingerprint density at radius 2 is 1.93 bits per heavy atom. The summed E-state index contributed by atoms with van der Waals surface area (Å²) >= 11 is 1.37. The predicted molar refractivity (Wildman–Crippen MR) is 107 cm³/mol. The van der Waals surface area contributed by atoms with Crippen LogP contribution < -0.4 is 9.62 Å². The normalized spacial score (nSPS) is 11.2. The highest BCUT2D eigenvalue weighted by molar-refractivity contribution is 7.92. The van der Waals surface area contributed by atoms with Crippen molar-refractivity contribution >= 4 is 38.1 Å². The highest BCUT2D eigenvalue weighted by atomic mass is 32.2. The first-order chi connectivity index (χ1) is 12.8. The van der Waals surface area contributed by atoms with Crippen LogP contribution in [0.2, 0.25) is 0 Å². The molecule has 0 spiro atoms. The summed E-state index contributed by atoms with van der Waals surface area (Å²) in [6, 6.07) is 13.6. The van der Waals surface area contributed by atoms with Crippen molar-refractivity contribution in [3.05, 3.63) is 71.2 Å². The number of anilines is 2. The first-order valence-corrected chi connectivity index (χ1v) is 10.6. The molecule has 0 unspecified atom stereocenters. The Bertz CT molecular complexity index is 1030. The average Bonchev–Trinajstić information content (AvgIpc) is 3.14. The molecular weight excluding hydrogens is 382 g/mol. The standard InChI is InChI=1S/C19H19N3O3S2/c1-14-6-8-18(9-7-14)27(24,25)21-17-5-3-4-16(12-17)13-22(15(2)23)19-20-10-11-26-19/h3-12,21H,13H2,1-2H3. The number of amides is 1. The van der Waals surface area contributed by atoms with E-state index in [9.17, 15) is 13.2 Å². The van der Waals surface area contributed by atoms with Crippen LogP contribution in [0, 0.1) is 6.92 Å². The molecule has 2 aromatic carbocycles. The zero-order chi connectivity index (χ0) is 19.4. The Hall–Kier alpha value is -2.71. The van der Waals surface area contributed by atoms with Gasteiger partial charge in [-0.25, -0.2) is 13.4 Å². The van der Waals surface area contributed by atoms with Crippen LogP contribution in [0.25, 0.3) is 0 Å². The minimum absolute atomic E-state index is 0.129. The first kappa shape index (κ1) is 19.1. The minimum atomic E-state index is -3.68. The van der Waals surface area contributed by atoms with Crippen molar-refractivity contribution in [1.29, 1.82) is 0 Å². The van der Waals surface area contributed by atoms with Gasteiger partial charge in [0.05, 0.1) is 11.4 Å². The molecule has 0 saturated carbocycles. The van der Waals surface area contributed by atoms with Gasteiger partial charge in [-0.3, -0.25) is 14.4 Å². The van der Waals surface area contributed by atoms with Crippen molar-refractivity contribution in [2.75, 3.05) is 9.62 Å². The van der Waals surface area contributed by atoms with Crippen molar-refractivity contribution in [2.24, 2.45) is 0 Å². The summed E-state index contributed by atoms with van der Waals surface area (Å²) in [5.41, 5.74) is 2.22. The van der Waals surface area contributed by atoms with Gasteiger partial charge in [-0.05, 0) is 36.8 Å². The summed E-state index contributed by atoms with van der Waals surface area (Å²) in [6.07, 6.45) is 1.64. The van der Waals surface area contributed by atoms with Crippen LogP contribution in [0.1, 0.15) is 18.1 Å². The van der Waals surface area contributed by atoms with E-state index in [1.165, 1.54) is 18.3 Å². The number of hydrogen-bond acceptors (Lipinski definition) is 5. The van der Waals surface area contributed by atoms with Gasteiger partial charge >= 0.3 is 0 Å². The zero-order valence-electron chi connectivity index (χ0n) is 14.9. The van der Waals surface area contributed by atoms with Gasteiger partial charge in [0.2, 0.25) is 5.91 Å². The van der Waals surface area contributed by atoms with Crippen LogP contribution in [0.3, 0.4) is 0 Å². The quantitative estimate of drug-likeness (QED) is 0.681. The highest BCUT2D eigenvalue weighted by Gasteiger charge is 2.16. The summed E-state index contributed by atoms with van der Waals surface area (Å²) < 4.78 is 27.7. The number of nitrogens with zero attached hydrogens (tertiary/aromatic N) is 2. The molecule has 0 bridgehead atoms. The van der Waals surface area contributed by atoms with E-state index in [2.05, 4.69) is 9.71 Å². The fourth-order valence-electron chi connectivity index (χ4n) is 2.51. The molecule has 140 valence electrons. The molecule has 0 aliphatic heterocycles. The number of benzene rings is 2. The van der Waals surface area contributed by atoms with Gasteiger partial charge in [0.1, 0.15) is 0 Å². The Labute approximate surface area is 162 Å². The van der Waals surface area contributed by atoms with Crippen molar-refractivity contribution in [1.82, 2.24) is 4.98 Å². The lowest BCUT2D eigenvalue weighted by molar-refractivity contribution is -0.116. The molecule has 3 aromatic rings. The largest absolute Gasteiger partial charge is 0.284 e. The first-order valence-electron chi connectivity index (χ1n) is 8.21. The molecule has 1 N–H and O–H groups in total. The number of carbonyl (C=O) groups excluding carboxylic acids is 1. The van der Waals surface area contributed by atoms with E-state index in [-0.39, 0.29) is 10.8 Å². The molecule has 0 radical (unpaired) electrons.